The number of nitrogens with two attached hydrogens (primary N) is 1. The summed E-state index contributed by atoms with van der Waals surface area (Å²) in [6.07, 6.45) is -6.05. The molecule has 15 atom stereocenters. The number of H-pyrrole nitrogens is 1. The smallest absolute Gasteiger partial charge is 0.305 e. The van der Waals surface area contributed by atoms with Gasteiger partial charge in [0.1, 0.15) is 90.0 Å². The van der Waals surface area contributed by atoms with E-state index in [1.807, 2.05) is 0 Å². The van der Waals surface area contributed by atoms with E-state index in [9.17, 15) is 53.6 Å². The second-order valence-electron chi connectivity index (χ2n) is 35.4. The number of hydrogen-bond donors (Lipinski definition) is 15. The van der Waals surface area contributed by atoms with Crippen LogP contribution in [0.1, 0.15) is 93.2 Å². The Bertz CT molecular complexity index is 5510. The molecule has 3 aliphatic heterocycles. The number of carboxylic acid groups (broad SMARTS) is 1. The number of likely N-dealkylation sites (N-methyl/N-ethyl adjacent to an activating group) is 3. The summed E-state index contributed by atoms with van der Waals surface area (Å²) < 4.78 is 40.8. The van der Waals surface area contributed by atoms with Crippen molar-refractivity contribution in [2.24, 2.45) is 17.6 Å². The minimum absolute atomic E-state index is 0.0407. The number of phenols is 1. The monoisotopic (exact) mass is 1930 g/mol. The number of nitrogens with zero attached hydrogens (tertiary/aromatic N) is 5. The van der Waals surface area contributed by atoms with Crippen molar-refractivity contribution >= 4 is 117 Å². The van der Waals surface area contributed by atoms with Gasteiger partial charge in [-0.15, -0.1) is 11.8 Å². The number of carboxylic acids is 1. The topological polar surface area (TPSA) is 539 Å². The summed E-state index contributed by atoms with van der Waals surface area (Å²) in [5, 5.41) is 68.3. The van der Waals surface area contributed by atoms with E-state index in [1.54, 1.807) is 129 Å². The number of halogens is 2. The maximum Gasteiger partial charge on any atom is 0.305 e. The summed E-state index contributed by atoms with van der Waals surface area (Å²) >= 11 is 0.701. The van der Waals surface area contributed by atoms with Crippen LogP contribution in [0.4, 0.5) is 8.78 Å². The van der Waals surface area contributed by atoms with Gasteiger partial charge < -0.3 is 113 Å². The van der Waals surface area contributed by atoms with E-state index >= 15 is 52.3 Å². The second kappa shape index (κ2) is 49.7. The lowest BCUT2D eigenvalue weighted by atomic mass is 9.98. The van der Waals surface area contributed by atoms with Crippen LogP contribution in [0, 0.1) is 23.5 Å². The first-order valence-corrected chi connectivity index (χ1v) is 46.4. The lowest BCUT2D eigenvalue weighted by Gasteiger charge is -2.37. The third kappa shape index (κ3) is 29.1. The molecule has 7 aromatic rings. The van der Waals surface area contributed by atoms with Crippen LogP contribution < -0.4 is 58.3 Å². The average Bonchev–Trinajstić information content (AvgIpc) is 1.56. The molecule has 4 heterocycles. The Morgan fingerprint density at radius 2 is 1.00 bits per heavy atom. The lowest BCUT2D eigenvalue weighted by Crippen LogP contribution is -2.62. The van der Waals surface area contributed by atoms with E-state index in [-0.39, 0.29) is 62.9 Å². The first-order chi connectivity index (χ1) is 65.7. The predicted octanol–water partition coefficient (Wildman–Crippen LogP) is 0.761. The second-order valence-corrected chi connectivity index (χ2v) is 36.5. The van der Waals surface area contributed by atoms with Gasteiger partial charge in [0.05, 0.1) is 38.0 Å². The summed E-state index contributed by atoms with van der Waals surface area (Å²) in [6, 6.07) is 16.2. The normalized spacial score (nSPS) is 24.2. The predicted molar refractivity (Wildman–Crippen MR) is 501 cm³/mol. The number of primary amides is 1. The number of fused-ring (bicyclic) bond motifs is 3. The molecule has 740 valence electrons. The Labute approximate surface area is 800 Å². The molecule has 6 aromatic carbocycles. The Kier molecular flexibility index (Phi) is 38.2. The molecule has 0 saturated carbocycles. The first kappa shape index (κ1) is 106. The van der Waals surface area contributed by atoms with E-state index in [2.05, 4.69) is 52.8 Å². The Balaban J connectivity index is 1.07. The van der Waals surface area contributed by atoms with Crippen molar-refractivity contribution in [2.45, 2.75) is 189 Å². The molecule has 0 radical (unpaired) electrons. The molecule has 3 aliphatic rings. The van der Waals surface area contributed by atoms with E-state index in [0.29, 0.717) is 56.2 Å². The SMILES string of the molecule is COCC[C@H]1C(=O)N2C[C@@H](O)C[C@@H]2C(=O)N[C@@H](CC(=O)O)C(=O)N[C@@H](C(C)C)C(=O)N(C)[C@H](Cc2ccccc2)C(=O)N[C@@H](Cc2ccc(OC)cc2)C(=O)N2C[C@@H](O)C[C@@H]2C(=O)N[C@@H](Cc2c[nH]c3ccccc23)C(=O)N[C@@H](Cc2ccc(O)cc2)C(=O)N[C@@H](CC(C)C)C(=O)N[C@H](C(=O)NCC(N)=O)CSCC(=O)N[C@@H](Cc2ccc(F)c(F)c2)C(=O)N(C)[C@@H](Cc2ccccc2)C(=O)N1C. The van der Waals surface area contributed by atoms with Crippen molar-refractivity contribution in [3.8, 4) is 11.5 Å². The Hall–Kier alpha value is -13.9. The Morgan fingerprint density at radius 3 is 1.58 bits per heavy atom. The van der Waals surface area contributed by atoms with Crippen LogP contribution in [0.2, 0.25) is 0 Å². The van der Waals surface area contributed by atoms with Crippen LogP contribution in [0.25, 0.3) is 10.9 Å². The number of carbonyl (C=O) groups excluding carboxylic acids is 15. The highest BCUT2D eigenvalue weighted by Gasteiger charge is 2.49. The molecule has 38 nitrogen and oxygen atoms in total. The van der Waals surface area contributed by atoms with Crippen molar-refractivity contribution in [2.75, 3.05) is 73.1 Å². The number of aromatic hydroxyl groups is 1. The number of para-hydroxylation sites is 1. The first-order valence-electron chi connectivity index (χ1n) is 45.2. The molecule has 15 amide bonds. The molecular formula is C97H120F2N16O22S. The number of rotatable bonds is 24. The summed E-state index contributed by atoms with van der Waals surface area (Å²) in [6.45, 7) is 4.35. The number of amides is 15. The number of phenolic OH excluding ortho intramolecular Hbond substituents is 1. The van der Waals surface area contributed by atoms with Crippen molar-refractivity contribution < 1.29 is 115 Å². The Morgan fingerprint density at radius 1 is 0.507 bits per heavy atom. The van der Waals surface area contributed by atoms with Gasteiger partial charge in [0.15, 0.2) is 11.6 Å². The number of aliphatic hydroxyl groups excluding tert-OH is 2. The largest absolute Gasteiger partial charge is 0.508 e. The fraction of sp³-hybridized carbons (Fsp3) is 0.443. The number of hydrogen-bond acceptors (Lipinski definition) is 22. The van der Waals surface area contributed by atoms with Gasteiger partial charge in [-0.1, -0.05) is 137 Å². The fourth-order valence-corrected chi connectivity index (χ4v) is 17.8. The third-order valence-corrected chi connectivity index (χ3v) is 25.4. The average molecular weight is 1930 g/mol. The van der Waals surface area contributed by atoms with Crippen LogP contribution in [0.5, 0.6) is 11.5 Å². The highest BCUT2D eigenvalue weighted by molar-refractivity contribution is 8.00. The number of thioether (sulfide) groups is 1. The number of aliphatic carboxylic acids is 1. The van der Waals surface area contributed by atoms with Gasteiger partial charge in [-0.2, -0.15) is 0 Å². The zero-order valence-electron chi connectivity index (χ0n) is 78.0. The molecule has 0 bridgehead atoms. The van der Waals surface area contributed by atoms with Gasteiger partial charge in [-0.25, -0.2) is 8.78 Å². The lowest BCUT2D eigenvalue weighted by molar-refractivity contribution is -0.153. The van der Waals surface area contributed by atoms with Crippen LogP contribution in [-0.4, -0.2) is 308 Å². The van der Waals surface area contributed by atoms with E-state index in [0.717, 1.165) is 42.7 Å². The molecule has 0 spiro atoms. The molecule has 3 fully saturated rings. The maximum atomic E-state index is 15.9. The maximum absolute atomic E-state index is 15.9. The fourth-order valence-electron chi connectivity index (χ4n) is 16.9. The number of benzene rings is 6. The molecule has 41 heteroatoms. The molecule has 138 heavy (non-hydrogen) atoms. The zero-order chi connectivity index (χ0) is 100. The zero-order valence-corrected chi connectivity index (χ0v) is 78.8. The van der Waals surface area contributed by atoms with Gasteiger partial charge in [-0.3, -0.25) is 76.7 Å². The van der Waals surface area contributed by atoms with E-state index in [1.165, 1.54) is 73.5 Å². The highest BCUT2D eigenvalue weighted by atomic mass is 32.2. The van der Waals surface area contributed by atoms with Gasteiger partial charge in [0, 0.05) is 129 Å². The number of carbonyl (C=O) groups is 16. The number of ether oxygens (including phenoxy) is 2. The molecule has 0 unspecified atom stereocenters. The molecule has 3 saturated heterocycles. The number of nitrogens with one attached hydrogen (secondary N) is 10. The van der Waals surface area contributed by atoms with E-state index < -0.39 is 266 Å². The van der Waals surface area contributed by atoms with Gasteiger partial charge >= 0.3 is 5.97 Å². The highest BCUT2D eigenvalue weighted by Crippen LogP contribution is 2.29. The van der Waals surface area contributed by atoms with Gasteiger partial charge in [0.25, 0.3) is 0 Å². The van der Waals surface area contributed by atoms with Crippen LogP contribution in [0.15, 0.2) is 158 Å². The number of aromatic nitrogens is 1. The molecule has 10 rings (SSSR count). The van der Waals surface area contributed by atoms with E-state index in [4.69, 9.17) is 15.2 Å². The van der Waals surface area contributed by atoms with Crippen molar-refractivity contribution in [3.63, 3.8) is 0 Å². The van der Waals surface area contributed by atoms with Crippen molar-refractivity contribution in [1.29, 1.82) is 0 Å². The molecular weight excluding hydrogens is 1810 g/mol. The van der Waals surface area contributed by atoms with Gasteiger partial charge in [0.2, 0.25) is 88.6 Å². The minimum Gasteiger partial charge on any atom is -0.508 e. The molecule has 16 N–H and O–H groups in total. The van der Waals surface area contributed by atoms with Crippen LogP contribution >= 0.6 is 11.8 Å². The quantitative estimate of drug-likeness (QED) is 0.0397. The summed E-state index contributed by atoms with van der Waals surface area (Å²) in [4.78, 5) is 248. The standard InChI is InChI=1S/C97H120F2N16O22S/c1-53(2)36-69-86(124)109-75(85(123)102-48-81(100)119)51-138-52-82(120)103-73(40-59-28-33-66(98)67(99)37-59)93(131)113(7)80(42-56-20-14-11-15-21-56)95(133)111(5)76(34-35-136-8)96(134)115-50-63(118)45-79(115)92(130)107-72(46-83(121)122)89(127)110-84(54(3)4)97(135)112(6)77(41-55-18-12-10-13-19-55)90(128)108-74(39-58-26-31-64(137-9)32-27-58)94(132)114-49-62(117)44-78(114)91(129)106-71(43-60-47-101-68-23-17-16-22-65(60)68)88(126)105-70(87(125)104-69)38-57-24-29-61(116)30-25-57/h10-33,37,47,53-54,62-63,69-80,84,101,116-118H,34-36,38-46,48-52H2,1-9H3,(H2,100,119)(H,102,123)(H,103,120)(H,104,125)(H,105,126)(H,106,129)(H,107,130)(H,108,128)(H,109,124)(H,110,127)(H,121,122)/t62-,63-,69-,70-,71-,72-,73-,74-,75-,76-,77+,78+,79+,80-,84-/m0/s1. The number of methoxy groups -OCH3 is 2. The van der Waals surface area contributed by atoms with Gasteiger partial charge in [-0.05, 0) is 94.1 Å². The summed E-state index contributed by atoms with van der Waals surface area (Å²) in [7, 11) is 6.39. The molecule has 1 aromatic heterocycles. The number of aromatic amines is 1. The third-order valence-electron chi connectivity index (χ3n) is 24.4. The summed E-state index contributed by atoms with van der Waals surface area (Å²) in [5.74, 6) is -21.8. The minimum atomic E-state index is -2.05. The van der Waals surface area contributed by atoms with Crippen LogP contribution in [0.3, 0.4) is 0 Å². The number of aliphatic hydroxyl groups is 2. The van der Waals surface area contributed by atoms with Crippen LogP contribution in [-0.2, 0) is 120 Å². The van der Waals surface area contributed by atoms with Crippen molar-refractivity contribution in [3.05, 3.63) is 203 Å². The summed E-state index contributed by atoms with van der Waals surface area (Å²) in [5.41, 5.74) is 8.19. The molecule has 0 aliphatic carbocycles. The van der Waals surface area contributed by atoms with Crippen molar-refractivity contribution in [1.82, 2.24) is 77.3 Å².